The third kappa shape index (κ3) is 3.69. The number of nitrogens with zero attached hydrogens (tertiary/aromatic N) is 3. The molecule has 0 N–H and O–H groups in total. The number of rotatable bonds is 3. The maximum absolute atomic E-state index is 8.51. The van der Waals surface area contributed by atoms with E-state index in [0.717, 1.165) is 37.1 Å². The molecule has 6 rings (SSSR count). The number of hydrogen-bond acceptors (Lipinski definition) is 3. The van der Waals surface area contributed by atoms with Crippen LogP contribution in [0.15, 0.2) is 114 Å². The predicted molar refractivity (Wildman–Crippen MR) is 139 cm³/mol. The van der Waals surface area contributed by atoms with Gasteiger partial charge in [0.25, 0.3) is 0 Å². The van der Waals surface area contributed by atoms with Crippen LogP contribution in [-0.4, -0.2) is 15.0 Å². The van der Waals surface area contributed by atoms with Crippen LogP contribution in [0.1, 0.15) is 6.85 Å². The van der Waals surface area contributed by atoms with Crippen molar-refractivity contribution < 1.29 is 6.85 Å². The van der Waals surface area contributed by atoms with E-state index in [1.807, 2.05) is 78.9 Å². The molecule has 1 heterocycles. The van der Waals surface area contributed by atoms with E-state index in [9.17, 15) is 0 Å². The molecule has 0 saturated carbocycles. The highest BCUT2D eigenvalue weighted by Gasteiger charge is 2.15. The maximum atomic E-state index is 8.51. The fourth-order valence-electron chi connectivity index (χ4n) is 3.88. The molecule has 4 heteroatoms. The summed E-state index contributed by atoms with van der Waals surface area (Å²) in [5.41, 5.74) is 1.40. The molecule has 0 bridgehead atoms. The van der Waals surface area contributed by atoms with Crippen molar-refractivity contribution in [3.63, 3.8) is 0 Å². The number of aromatic nitrogens is 3. The summed E-state index contributed by atoms with van der Waals surface area (Å²) in [7, 11) is 0. The minimum atomic E-state index is -0.466. The van der Waals surface area contributed by atoms with Gasteiger partial charge in [-0.05, 0) is 39.7 Å². The Morgan fingerprint density at radius 2 is 1.24 bits per heavy atom. The first kappa shape index (κ1) is 15.0. The summed E-state index contributed by atoms with van der Waals surface area (Å²) >= 11 is 3.61. The molecule has 0 spiro atoms. The lowest BCUT2D eigenvalue weighted by molar-refractivity contribution is 1.08. The van der Waals surface area contributed by atoms with Crippen molar-refractivity contribution >= 4 is 37.5 Å². The lowest BCUT2D eigenvalue weighted by atomic mass is 10.0. The van der Waals surface area contributed by atoms with Gasteiger partial charge >= 0.3 is 0 Å². The van der Waals surface area contributed by atoms with Gasteiger partial charge in [0.1, 0.15) is 0 Å². The highest BCUT2D eigenvalue weighted by molar-refractivity contribution is 9.10. The second-order valence-corrected chi connectivity index (χ2v) is 8.36. The van der Waals surface area contributed by atoms with Crippen molar-refractivity contribution in [2.45, 2.75) is 0 Å². The summed E-state index contributed by atoms with van der Waals surface area (Å²) in [5.74, 6) is 0.699. The van der Waals surface area contributed by atoms with E-state index in [-0.39, 0.29) is 23.5 Å². The summed E-state index contributed by atoms with van der Waals surface area (Å²) in [6, 6.07) is 23.4. The largest absolute Gasteiger partial charge is 0.208 e. The van der Waals surface area contributed by atoms with Gasteiger partial charge < -0.3 is 0 Å². The van der Waals surface area contributed by atoms with Gasteiger partial charge in [0.05, 0.1) is 6.85 Å². The Bertz CT molecular complexity index is 1880. The molecule has 0 aliphatic rings. The average molecular weight is 493 g/mol. The maximum Gasteiger partial charge on any atom is 0.164 e. The van der Waals surface area contributed by atoms with Gasteiger partial charge in [-0.3, -0.25) is 0 Å². The lowest BCUT2D eigenvalue weighted by Gasteiger charge is -2.11. The van der Waals surface area contributed by atoms with Crippen LogP contribution in [0.5, 0.6) is 0 Å². The van der Waals surface area contributed by atoms with E-state index in [1.165, 1.54) is 0 Å². The van der Waals surface area contributed by atoms with E-state index >= 15 is 0 Å². The van der Waals surface area contributed by atoms with Crippen molar-refractivity contribution in [2.75, 3.05) is 0 Å². The minimum absolute atomic E-state index is 0.0159. The highest BCUT2D eigenvalue weighted by Crippen LogP contribution is 2.33. The quantitative estimate of drug-likeness (QED) is 0.251. The zero-order valence-corrected chi connectivity index (χ0v) is 18.8. The molecule has 6 aromatic rings. The molecule has 0 atom stereocenters. The van der Waals surface area contributed by atoms with Crippen molar-refractivity contribution in [3.8, 4) is 34.2 Å². The van der Waals surface area contributed by atoms with Crippen LogP contribution in [0.25, 0.3) is 55.7 Å². The van der Waals surface area contributed by atoms with Gasteiger partial charge in [-0.25, -0.2) is 15.0 Å². The molecular weight excluding hydrogens is 470 g/mol. The first-order valence-electron chi connectivity index (χ1n) is 12.8. The molecule has 0 aliphatic carbocycles. The minimum Gasteiger partial charge on any atom is -0.208 e. The van der Waals surface area contributed by atoms with Gasteiger partial charge in [-0.1, -0.05) is 107 Å². The molecule has 0 unspecified atom stereocenters. The zero-order chi connectivity index (χ0) is 26.6. The van der Waals surface area contributed by atoms with E-state index in [1.54, 1.807) is 0 Å². The first-order valence-corrected chi connectivity index (χ1v) is 11.1. The topological polar surface area (TPSA) is 38.7 Å². The van der Waals surface area contributed by atoms with E-state index in [4.69, 9.17) is 11.8 Å². The molecule has 156 valence electrons. The number of halogens is 1. The standard InChI is InChI=1S/C29H18BrN3/c30-26-17-16-25(23-12-6-7-13-24(23)26)29-32-27(20-9-2-1-3-10-20)31-28(33-29)22-15-14-19-8-4-5-11-21(19)18-22/h1-18H/i1D,2D,3D,9D,10D. The van der Waals surface area contributed by atoms with Crippen LogP contribution < -0.4 is 0 Å². The van der Waals surface area contributed by atoms with Crippen molar-refractivity contribution in [1.82, 2.24) is 15.0 Å². The molecule has 0 aliphatic heterocycles. The van der Waals surface area contributed by atoms with Gasteiger partial charge in [-0.15, -0.1) is 0 Å². The lowest BCUT2D eigenvalue weighted by Crippen LogP contribution is -2.00. The zero-order valence-electron chi connectivity index (χ0n) is 22.2. The monoisotopic (exact) mass is 492 g/mol. The third-order valence-electron chi connectivity index (χ3n) is 5.48. The van der Waals surface area contributed by atoms with Crippen LogP contribution >= 0.6 is 15.9 Å². The summed E-state index contributed by atoms with van der Waals surface area (Å²) in [6.07, 6.45) is 0. The third-order valence-corrected chi connectivity index (χ3v) is 6.17. The molecule has 33 heavy (non-hydrogen) atoms. The summed E-state index contributed by atoms with van der Waals surface area (Å²) in [5, 5.41) is 3.95. The van der Waals surface area contributed by atoms with Crippen molar-refractivity contribution in [2.24, 2.45) is 0 Å². The molecule has 0 radical (unpaired) electrons. The molecule has 0 saturated heterocycles. The molecule has 0 fully saturated rings. The van der Waals surface area contributed by atoms with Crippen molar-refractivity contribution in [3.05, 3.63) is 114 Å². The predicted octanol–water partition coefficient (Wildman–Crippen LogP) is 7.94. The normalized spacial score (nSPS) is 13.3. The van der Waals surface area contributed by atoms with Crippen molar-refractivity contribution in [1.29, 1.82) is 0 Å². The average Bonchev–Trinajstić information content (AvgIpc) is 2.95. The van der Waals surface area contributed by atoms with Crippen LogP contribution in [0.3, 0.4) is 0 Å². The second kappa shape index (κ2) is 8.23. The second-order valence-electron chi connectivity index (χ2n) is 7.51. The molecule has 0 amide bonds. The van der Waals surface area contributed by atoms with Gasteiger partial charge in [0.2, 0.25) is 0 Å². The van der Waals surface area contributed by atoms with Crippen LogP contribution in [0.2, 0.25) is 0 Å². The fraction of sp³-hybridized carbons (Fsp3) is 0. The Kier molecular flexibility index (Phi) is 3.75. The van der Waals surface area contributed by atoms with Crippen LogP contribution in [-0.2, 0) is 0 Å². The first-order chi connectivity index (χ1) is 18.3. The Morgan fingerprint density at radius 1 is 0.576 bits per heavy atom. The van der Waals surface area contributed by atoms with Crippen LogP contribution in [0.4, 0.5) is 0 Å². The summed E-state index contributed by atoms with van der Waals surface area (Å²) in [6.45, 7) is 0. The number of hydrogen-bond donors (Lipinski definition) is 0. The molecular formula is C29H18BrN3. The molecule has 3 nitrogen and oxygen atoms in total. The Morgan fingerprint density at radius 3 is 2.06 bits per heavy atom. The fourth-order valence-corrected chi connectivity index (χ4v) is 4.36. The molecule has 5 aromatic carbocycles. The Labute approximate surface area is 207 Å². The SMILES string of the molecule is [2H]c1c([2H])c([2H])c(-c2nc(-c3ccc4ccccc4c3)nc(-c3ccc(Br)c4ccccc34)n2)c([2H])c1[2H]. The van der Waals surface area contributed by atoms with Crippen LogP contribution in [0, 0.1) is 0 Å². The van der Waals surface area contributed by atoms with Gasteiger partial charge in [0, 0.05) is 21.2 Å². The number of benzene rings is 5. The summed E-state index contributed by atoms with van der Waals surface area (Å²) < 4.78 is 42.2. The van der Waals surface area contributed by atoms with Gasteiger partial charge in [0.15, 0.2) is 17.5 Å². The van der Waals surface area contributed by atoms with E-state index in [0.29, 0.717) is 11.6 Å². The van der Waals surface area contributed by atoms with Gasteiger partial charge in [-0.2, -0.15) is 0 Å². The van der Waals surface area contributed by atoms with E-state index < -0.39 is 18.1 Å². The number of fused-ring (bicyclic) bond motifs is 2. The Balaban J connectivity index is 1.68. The highest BCUT2D eigenvalue weighted by atomic mass is 79.9. The Hall–Kier alpha value is -3.89. The van der Waals surface area contributed by atoms with E-state index in [2.05, 4.69) is 25.9 Å². The smallest absolute Gasteiger partial charge is 0.164 e. The molecule has 1 aromatic heterocycles. The summed E-state index contributed by atoms with van der Waals surface area (Å²) in [4.78, 5) is 14.1.